The summed E-state index contributed by atoms with van der Waals surface area (Å²) in [5.74, 6) is -0.381. The van der Waals surface area contributed by atoms with Crippen LogP contribution in [0.1, 0.15) is 17.3 Å². The predicted molar refractivity (Wildman–Crippen MR) is 124 cm³/mol. The molecule has 0 saturated heterocycles. The van der Waals surface area contributed by atoms with Gasteiger partial charge in [-0.3, -0.25) is 9.52 Å². The molecule has 31 heavy (non-hydrogen) atoms. The molecular weight excluding hydrogens is 434 g/mol. The van der Waals surface area contributed by atoms with Crippen LogP contribution in [0.5, 0.6) is 0 Å². The number of nitrogens with one attached hydrogen (secondary N) is 1. The van der Waals surface area contributed by atoms with Crippen molar-refractivity contribution < 1.29 is 17.6 Å². The van der Waals surface area contributed by atoms with Crippen molar-refractivity contribution in [2.24, 2.45) is 0 Å². The minimum Gasteiger partial charge on any atom is -0.472 e. The highest BCUT2D eigenvalue weighted by Crippen LogP contribution is 2.27. The third-order valence-electron chi connectivity index (χ3n) is 4.40. The smallest absolute Gasteiger partial charge is 0.261 e. The molecule has 1 aromatic heterocycles. The Kier molecular flexibility index (Phi) is 6.95. The normalized spacial score (nSPS) is 12.1. The molecule has 0 unspecified atom stereocenters. The van der Waals surface area contributed by atoms with E-state index >= 15 is 0 Å². The van der Waals surface area contributed by atoms with Crippen LogP contribution in [0.15, 0.2) is 107 Å². The van der Waals surface area contributed by atoms with Gasteiger partial charge in [0.2, 0.25) is 0 Å². The summed E-state index contributed by atoms with van der Waals surface area (Å²) in [5, 5.41) is 0.314. The maximum atomic E-state index is 13.0. The Labute approximate surface area is 186 Å². The molecule has 0 aliphatic rings. The molecule has 3 aromatic rings. The monoisotopic (exact) mass is 453 g/mol. The van der Waals surface area contributed by atoms with Crippen molar-refractivity contribution in [1.29, 1.82) is 0 Å². The first-order valence-electron chi connectivity index (χ1n) is 9.31. The molecule has 158 valence electrons. The Bertz CT molecular complexity index is 1260. The quantitative estimate of drug-likeness (QED) is 0.247. The molecule has 1 N–H and O–H groups in total. The van der Waals surface area contributed by atoms with Crippen LogP contribution in [0.2, 0.25) is 5.02 Å². The molecule has 5 nitrogen and oxygen atoms in total. The molecule has 0 aliphatic carbocycles. The fourth-order valence-corrected chi connectivity index (χ4v) is 4.17. The summed E-state index contributed by atoms with van der Waals surface area (Å²) in [4.78, 5) is 13.1. The largest absolute Gasteiger partial charge is 0.472 e. The summed E-state index contributed by atoms with van der Waals surface area (Å²) in [5.41, 5.74) is 2.28. The van der Waals surface area contributed by atoms with E-state index in [0.717, 1.165) is 11.1 Å². The number of hydrogen-bond donors (Lipinski definition) is 1. The van der Waals surface area contributed by atoms with E-state index in [9.17, 15) is 13.2 Å². The zero-order valence-electron chi connectivity index (χ0n) is 16.7. The van der Waals surface area contributed by atoms with Gasteiger partial charge in [0.05, 0.1) is 23.1 Å². The molecule has 0 amide bonds. The topological polar surface area (TPSA) is 76.4 Å². The SMILES string of the molecule is C=C/C=C(\C=C/C)C(=O)c1cc(Cl)ccc1NS(=O)(=O)c1ccc(-c2ccoc2)cc1. The van der Waals surface area contributed by atoms with E-state index < -0.39 is 10.0 Å². The highest BCUT2D eigenvalue weighted by Gasteiger charge is 2.20. The molecule has 1 heterocycles. The lowest BCUT2D eigenvalue weighted by Gasteiger charge is -2.13. The van der Waals surface area contributed by atoms with Gasteiger partial charge < -0.3 is 4.42 Å². The van der Waals surface area contributed by atoms with Crippen molar-refractivity contribution in [3.63, 3.8) is 0 Å². The number of Topliss-reactive ketones (excluding diaryl/α,β-unsaturated/α-hetero) is 1. The number of anilines is 1. The zero-order chi connectivity index (χ0) is 22.4. The van der Waals surface area contributed by atoms with Crippen LogP contribution in [0.4, 0.5) is 5.69 Å². The number of sulfonamides is 1. The van der Waals surface area contributed by atoms with Crippen LogP contribution in [0.3, 0.4) is 0 Å². The first kappa shape index (κ1) is 22.3. The Balaban J connectivity index is 1.95. The molecule has 0 saturated carbocycles. The summed E-state index contributed by atoms with van der Waals surface area (Å²) in [7, 11) is -3.94. The van der Waals surface area contributed by atoms with Gasteiger partial charge in [-0.05, 0) is 48.9 Å². The number of furan rings is 1. The second kappa shape index (κ2) is 9.64. The Morgan fingerprint density at radius 2 is 1.84 bits per heavy atom. The molecule has 3 rings (SSSR count). The van der Waals surface area contributed by atoms with Crippen LogP contribution in [-0.4, -0.2) is 14.2 Å². The molecule has 0 aliphatic heterocycles. The molecule has 0 radical (unpaired) electrons. The number of hydrogen-bond acceptors (Lipinski definition) is 4. The maximum absolute atomic E-state index is 13.0. The van der Waals surface area contributed by atoms with Gasteiger partial charge in [0.15, 0.2) is 5.78 Å². The summed E-state index contributed by atoms with van der Waals surface area (Å²) >= 11 is 6.08. The van der Waals surface area contributed by atoms with Crippen molar-refractivity contribution in [2.45, 2.75) is 11.8 Å². The second-order valence-corrected chi connectivity index (χ2v) is 8.64. The highest BCUT2D eigenvalue weighted by molar-refractivity contribution is 7.92. The number of benzene rings is 2. The van der Waals surface area contributed by atoms with E-state index in [1.807, 2.05) is 0 Å². The van der Waals surface area contributed by atoms with Crippen LogP contribution in [0.25, 0.3) is 11.1 Å². The van der Waals surface area contributed by atoms with Crippen LogP contribution >= 0.6 is 11.6 Å². The first-order chi connectivity index (χ1) is 14.9. The predicted octanol–water partition coefficient (Wildman–Crippen LogP) is 6.27. The summed E-state index contributed by atoms with van der Waals surface area (Å²) < 4.78 is 33.5. The molecule has 0 spiro atoms. The van der Waals surface area contributed by atoms with E-state index in [-0.39, 0.29) is 21.9 Å². The zero-order valence-corrected chi connectivity index (χ0v) is 18.3. The van der Waals surface area contributed by atoms with Crippen molar-refractivity contribution in [2.75, 3.05) is 4.72 Å². The van der Waals surface area contributed by atoms with Crippen molar-refractivity contribution in [3.05, 3.63) is 108 Å². The number of carbonyl (C=O) groups excluding carboxylic acids is 1. The fraction of sp³-hybridized carbons (Fsp3) is 0.0417. The Morgan fingerprint density at radius 3 is 2.45 bits per heavy atom. The lowest BCUT2D eigenvalue weighted by molar-refractivity contribution is 0.103. The average Bonchev–Trinajstić information content (AvgIpc) is 3.29. The van der Waals surface area contributed by atoms with Gasteiger partial charge in [0.25, 0.3) is 10.0 Å². The van der Waals surface area contributed by atoms with Gasteiger partial charge >= 0.3 is 0 Å². The van der Waals surface area contributed by atoms with Crippen LogP contribution < -0.4 is 4.72 Å². The van der Waals surface area contributed by atoms with Gasteiger partial charge in [0, 0.05) is 21.7 Å². The standard InChI is InChI=1S/C24H20ClNO4S/c1-3-5-18(6-4-2)24(27)22-15-20(25)9-12-23(22)26-31(28,29)21-10-7-17(8-11-21)19-13-14-30-16-19/h3-16,26H,1H2,2H3/b6-4-,18-5+. The van der Waals surface area contributed by atoms with Crippen molar-refractivity contribution in [3.8, 4) is 11.1 Å². The Morgan fingerprint density at radius 1 is 1.10 bits per heavy atom. The highest BCUT2D eigenvalue weighted by atomic mass is 35.5. The Hall–Kier alpha value is -3.35. The summed E-state index contributed by atoms with van der Waals surface area (Å²) in [6.07, 6.45) is 9.50. The molecule has 2 aromatic carbocycles. The van der Waals surface area contributed by atoms with Gasteiger partial charge in [-0.15, -0.1) is 0 Å². The van der Waals surface area contributed by atoms with E-state index in [1.54, 1.807) is 55.9 Å². The number of halogens is 1. The molecule has 7 heteroatoms. The van der Waals surface area contributed by atoms with Crippen molar-refractivity contribution in [1.82, 2.24) is 0 Å². The molecule has 0 atom stereocenters. The maximum Gasteiger partial charge on any atom is 0.261 e. The minimum absolute atomic E-state index is 0.0587. The van der Waals surface area contributed by atoms with E-state index in [4.69, 9.17) is 16.0 Å². The first-order valence-corrected chi connectivity index (χ1v) is 11.2. The fourth-order valence-electron chi connectivity index (χ4n) is 2.92. The third kappa shape index (κ3) is 5.23. The lowest BCUT2D eigenvalue weighted by Crippen LogP contribution is -2.16. The molecule has 0 fully saturated rings. The van der Waals surface area contributed by atoms with Crippen LogP contribution in [-0.2, 0) is 10.0 Å². The van der Waals surface area contributed by atoms with E-state index in [1.165, 1.54) is 36.4 Å². The second-order valence-electron chi connectivity index (χ2n) is 6.52. The summed E-state index contributed by atoms with van der Waals surface area (Å²) in [6.45, 7) is 5.39. The number of ketones is 1. The number of carbonyl (C=O) groups is 1. The average molecular weight is 454 g/mol. The third-order valence-corrected chi connectivity index (χ3v) is 6.01. The van der Waals surface area contributed by atoms with Gasteiger partial charge in [0.1, 0.15) is 0 Å². The van der Waals surface area contributed by atoms with Gasteiger partial charge in [-0.1, -0.05) is 54.6 Å². The van der Waals surface area contributed by atoms with Gasteiger partial charge in [-0.25, -0.2) is 8.42 Å². The van der Waals surface area contributed by atoms with E-state index in [2.05, 4.69) is 11.3 Å². The molecule has 0 bridgehead atoms. The number of rotatable bonds is 8. The minimum atomic E-state index is -3.94. The molecular formula is C24H20ClNO4S. The number of allylic oxidation sites excluding steroid dienone is 5. The lowest BCUT2D eigenvalue weighted by atomic mass is 10.0. The van der Waals surface area contributed by atoms with Crippen LogP contribution in [0, 0.1) is 0 Å². The van der Waals surface area contributed by atoms with Gasteiger partial charge in [-0.2, -0.15) is 0 Å². The van der Waals surface area contributed by atoms with E-state index in [0.29, 0.717) is 10.6 Å². The summed E-state index contributed by atoms with van der Waals surface area (Å²) in [6, 6.07) is 12.6. The van der Waals surface area contributed by atoms with Crippen molar-refractivity contribution >= 4 is 33.1 Å².